The molecular weight excluding hydrogens is 462 g/mol. The fourth-order valence-electron chi connectivity index (χ4n) is 3.96. The Balaban J connectivity index is 1.42. The van der Waals surface area contributed by atoms with Gasteiger partial charge in [-0.05, 0) is 41.2 Å². The van der Waals surface area contributed by atoms with Gasteiger partial charge in [-0.1, -0.05) is 87.0 Å². The quantitative estimate of drug-likeness (QED) is 0.337. The number of aliphatic carboxylic acids is 1. The Kier molecular flexibility index (Phi) is 7.48. The zero-order valence-electron chi connectivity index (χ0n) is 21.5. The number of hydrogen-bond acceptors (Lipinski definition) is 4. The Morgan fingerprint density at radius 2 is 1.38 bits per heavy atom. The molecule has 1 atom stereocenters. The second-order valence-corrected chi connectivity index (χ2v) is 10.3. The summed E-state index contributed by atoms with van der Waals surface area (Å²) in [4.78, 5) is 33.6. The number of aryl methyl sites for hydroxylation is 1. The van der Waals surface area contributed by atoms with E-state index in [0.717, 1.165) is 27.8 Å². The molecular formula is C31H31N3O3. The number of aromatic nitrogens is 2. The van der Waals surface area contributed by atoms with Gasteiger partial charge in [0.25, 0.3) is 5.91 Å². The number of benzene rings is 3. The monoisotopic (exact) mass is 493 g/mol. The van der Waals surface area contributed by atoms with E-state index in [4.69, 9.17) is 0 Å². The maximum Gasteiger partial charge on any atom is 0.326 e. The van der Waals surface area contributed by atoms with Crippen LogP contribution in [0.2, 0.25) is 0 Å². The third-order valence-electron chi connectivity index (χ3n) is 6.31. The highest BCUT2D eigenvalue weighted by Crippen LogP contribution is 2.23. The molecule has 1 amide bonds. The van der Waals surface area contributed by atoms with E-state index in [0.29, 0.717) is 11.4 Å². The lowest BCUT2D eigenvalue weighted by Gasteiger charge is -2.19. The first-order valence-corrected chi connectivity index (χ1v) is 12.2. The van der Waals surface area contributed by atoms with Gasteiger partial charge in [0.05, 0.1) is 0 Å². The van der Waals surface area contributed by atoms with Crippen LogP contribution in [-0.4, -0.2) is 33.0 Å². The molecule has 1 unspecified atom stereocenters. The zero-order valence-corrected chi connectivity index (χ0v) is 21.5. The lowest BCUT2D eigenvalue weighted by atomic mass is 9.86. The molecule has 1 aromatic heterocycles. The summed E-state index contributed by atoms with van der Waals surface area (Å²) in [5.41, 5.74) is 6.31. The van der Waals surface area contributed by atoms with Crippen LogP contribution in [0.25, 0.3) is 22.5 Å². The van der Waals surface area contributed by atoms with Crippen LogP contribution in [0.5, 0.6) is 0 Å². The highest BCUT2D eigenvalue weighted by Gasteiger charge is 2.22. The highest BCUT2D eigenvalue weighted by molar-refractivity contribution is 5.96. The molecule has 0 bridgehead atoms. The number of carbonyl (C=O) groups excluding carboxylic acids is 1. The first kappa shape index (κ1) is 25.8. The van der Waals surface area contributed by atoms with Gasteiger partial charge < -0.3 is 10.4 Å². The second-order valence-electron chi connectivity index (χ2n) is 10.3. The number of amides is 1. The summed E-state index contributed by atoms with van der Waals surface area (Å²) < 4.78 is 0. The minimum Gasteiger partial charge on any atom is -0.480 e. The summed E-state index contributed by atoms with van der Waals surface area (Å²) >= 11 is 0. The average Bonchev–Trinajstić information content (AvgIpc) is 2.89. The molecule has 6 nitrogen and oxygen atoms in total. The van der Waals surface area contributed by atoms with Crippen LogP contribution in [0.4, 0.5) is 0 Å². The van der Waals surface area contributed by atoms with Crippen molar-refractivity contribution < 1.29 is 14.7 Å². The van der Waals surface area contributed by atoms with Crippen molar-refractivity contribution in [3.8, 4) is 22.5 Å². The fraction of sp³-hybridized carbons (Fsp3) is 0.226. The van der Waals surface area contributed by atoms with Crippen molar-refractivity contribution in [2.45, 2.75) is 45.6 Å². The summed E-state index contributed by atoms with van der Waals surface area (Å²) in [6, 6.07) is 21.8. The highest BCUT2D eigenvalue weighted by atomic mass is 16.4. The Labute approximate surface area is 217 Å². The Bertz CT molecular complexity index is 1370. The van der Waals surface area contributed by atoms with Crippen molar-refractivity contribution in [3.63, 3.8) is 0 Å². The number of carbonyl (C=O) groups is 2. The van der Waals surface area contributed by atoms with Gasteiger partial charge in [-0.25, -0.2) is 14.8 Å². The summed E-state index contributed by atoms with van der Waals surface area (Å²) in [7, 11) is 0. The van der Waals surface area contributed by atoms with E-state index in [2.05, 4.69) is 48.2 Å². The van der Waals surface area contributed by atoms with Crippen LogP contribution in [-0.2, 0) is 16.6 Å². The summed E-state index contributed by atoms with van der Waals surface area (Å²) in [5.74, 6) is -0.908. The van der Waals surface area contributed by atoms with Crippen molar-refractivity contribution in [1.82, 2.24) is 15.3 Å². The lowest BCUT2D eigenvalue weighted by molar-refractivity contribution is -0.139. The van der Waals surface area contributed by atoms with Crippen LogP contribution in [0.1, 0.15) is 47.8 Å². The lowest BCUT2D eigenvalue weighted by Crippen LogP contribution is -2.42. The molecule has 0 aliphatic carbocycles. The van der Waals surface area contributed by atoms with E-state index in [1.807, 2.05) is 55.5 Å². The smallest absolute Gasteiger partial charge is 0.326 e. The second kappa shape index (κ2) is 10.7. The van der Waals surface area contributed by atoms with Crippen LogP contribution in [0, 0.1) is 6.92 Å². The van der Waals surface area contributed by atoms with Crippen LogP contribution >= 0.6 is 0 Å². The molecule has 0 saturated carbocycles. The largest absolute Gasteiger partial charge is 0.480 e. The maximum absolute atomic E-state index is 12.7. The average molecular weight is 494 g/mol. The summed E-state index contributed by atoms with van der Waals surface area (Å²) in [6.45, 7) is 8.34. The predicted molar refractivity (Wildman–Crippen MR) is 145 cm³/mol. The summed E-state index contributed by atoms with van der Waals surface area (Å²) in [5, 5.41) is 12.4. The van der Waals surface area contributed by atoms with Crippen LogP contribution in [0.3, 0.4) is 0 Å². The normalized spacial score (nSPS) is 12.1. The number of hydrogen-bond donors (Lipinski definition) is 2. The molecule has 6 heteroatoms. The molecule has 0 saturated heterocycles. The van der Waals surface area contributed by atoms with Gasteiger partial charge >= 0.3 is 5.97 Å². The molecule has 2 N–H and O–H groups in total. The van der Waals surface area contributed by atoms with E-state index in [1.165, 1.54) is 5.56 Å². The van der Waals surface area contributed by atoms with Gasteiger partial charge in [-0.2, -0.15) is 0 Å². The molecule has 0 radical (unpaired) electrons. The standard InChI is InChI=1S/C31H31N3O3/c1-20-5-9-22(10-6-20)25-18-32-28(33-19-25)23-11-7-21(8-12-23)17-27(30(36)37)34-29(35)24-13-15-26(16-14-24)31(2,3)4/h5-16,18-19,27H,17H2,1-4H3,(H,34,35)(H,36,37). The van der Waals surface area contributed by atoms with Crippen LogP contribution in [0.15, 0.2) is 85.2 Å². The number of nitrogens with one attached hydrogen (secondary N) is 1. The minimum absolute atomic E-state index is 0.0288. The molecule has 37 heavy (non-hydrogen) atoms. The maximum atomic E-state index is 12.7. The van der Waals surface area contributed by atoms with Gasteiger partial charge in [0, 0.05) is 35.5 Å². The zero-order chi connectivity index (χ0) is 26.6. The predicted octanol–water partition coefficient (Wildman–Crippen LogP) is 5.84. The van der Waals surface area contributed by atoms with E-state index in [-0.39, 0.29) is 11.8 Å². The molecule has 0 spiro atoms. The van der Waals surface area contributed by atoms with Crippen molar-refractivity contribution in [3.05, 3.63) is 107 Å². The number of nitrogens with zero attached hydrogens (tertiary/aromatic N) is 2. The Morgan fingerprint density at radius 1 is 0.811 bits per heavy atom. The summed E-state index contributed by atoms with van der Waals surface area (Å²) in [6.07, 6.45) is 3.75. The van der Waals surface area contributed by atoms with Crippen molar-refractivity contribution in [2.24, 2.45) is 0 Å². The molecule has 0 aliphatic heterocycles. The topological polar surface area (TPSA) is 92.2 Å². The molecule has 3 aromatic carbocycles. The van der Waals surface area contributed by atoms with Gasteiger partial charge in [0.1, 0.15) is 6.04 Å². The van der Waals surface area contributed by atoms with Gasteiger partial charge in [0.15, 0.2) is 5.82 Å². The molecule has 0 fully saturated rings. The van der Waals surface area contributed by atoms with E-state index >= 15 is 0 Å². The van der Waals surface area contributed by atoms with Crippen molar-refractivity contribution >= 4 is 11.9 Å². The molecule has 4 aromatic rings. The molecule has 0 aliphatic rings. The van der Waals surface area contributed by atoms with Gasteiger partial charge in [-0.3, -0.25) is 4.79 Å². The number of rotatable bonds is 7. The van der Waals surface area contributed by atoms with E-state index in [9.17, 15) is 14.7 Å². The third kappa shape index (κ3) is 6.47. The fourth-order valence-corrected chi connectivity index (χ4v) is 3.96. The molecule has 188 valence electrons. The Morgan fingerprint density at radius 3 is 1.92 bits per heavy atom. The first-order valence-electron chi connectivity index (χ1n) is 12.2. The van der Waals surface area contributed by atoms with E-state index in [1.54, 1.807) is 24.5 Å². The van der Waals surface area contributed by atoms with Crippen LogP contribution < -0.4 is 5.32 Å². The minimum atomic E-state index is -1.08. The number of carboxylic acid groups (broad SMARTS) is 1. The van der Waals surface area contributed by atoms with Gasteiger partial charge in [-0.15, -0.1) is 0 Å². The SMILES string of the molecule is Cc1ccc(-c2cnc(-c3ccc(CC(NC(=O)c4ccc(C(C)(C)C)cc4)C(=O)O)cc3)nc2)cc1. The first-order chi connectivity index (χ1) is 17.6. The third-order valence-corrected chi connectivity index (χ3v) is 6.31. The van der Waals surface area contributed by atoms with Crippen molar-refractivity contribution in [2.75, 3.05) is 0 Å². The molecule has 1 heterocycles. The van der Waals surface area contributed by atoms with Gasteiger partial charge in [0.2, 0.25) is 0 Å². The van der Waals surface area contributed by atoms with Crippen molar-refractivity contribution in [1.29, 1.82) is 0 Å². The van der Waals surface area contributed by atoms with E-state index < -0.39 is 17.9 Å². The number of carboxylic acids is 1. The molecule has 4 rings (SSSR count). The Hall–Kier alpha value is -4.32.